The van der Waals surface area contributed by atoms with E-state index >= 15 is 0 Å². The molecule has 4 heteroatoms. The molecule has 1 aliphatic heterocycles. The lowest BCUT2D eigenvalue weighted by molar-refractivity contribution is -0.134. The first-order valence-corrected chi connectivity index (χ1v) is 7.49. The summed E-state index contributed by atoms with van der Waals surface area (Å²) in [5.74, 6) is 0.644. The molecule has 1 aromatic rings. The van der Waals surface area contributed by atoms with E-state index in [-0.39, 0.29) is 17.8 Å². The van der Waals surface area contributed by atoms with Gasteiger partial charge in [-0.2, -0.15) is 0 Å². The lowest BCUT2D eigenvalue weighted by Gasteiger charge is -2.26. The largest absolute Gasteiger partial charge is 0.337 e. The van der Waals surface area contributed by atoms with Gasteiger partial charge in [-0.25, -0.2) is 4.39 Å². The highest BCUT2D eigenvalue weighted by Crippen LogP contribution is 2.30. The van der Waals surface area contributed by atoms with Gasteiger partial charge in [0, 0.05) is 13.1 Å². The van der Waals surface area contributed by atoms with Gasteiger partial charge in [-0.05, 0) is 55.8 Å². The van der Waals surface area contributed by atoms with Gasteiger partial charge < -0.3 is 10.2 Å². The first-order valence-electron chi connectivity index (χ1n) is 7.49. The fraction of sp³-hybridized carbons (Fsp3) is 0.562. The van der Waals surface area contributed by atoms with E-state index in [1.165, 1.54) is 25.0 Å². The quantitative estimate of drug-likeness (QED) is 0.895. The third kappa shape index (κ3) is 3.37. The molecular weight excluding hydrogens is 255 g/mol. The number of carbonyl (C=O) groups excluding carboxylic acids is 1. The molecule has 1 unspecified atom stereocenters. The molecule has 1 N–H and O–H groups in total. The normalized spacial score (nSPS) is 21.9. The topological polar surface area (TPSA) is 32.3 Å². The smallest absolute Gasteiger partial charge is 0.240 e. The van der Waals surface area contributed by atoms with E-state index in [9.17, 15) is 9.18 Å². The summed E-state index contributed by atoms with van der Waals surface area (Å²) in [5.41, 5.74) is 0.999. The molecule has 108 valence electrons. The summed E-state index contributed by atoms with van der Waals surface area (Å²) in [5, 5.41) is 3.27. The lowest BCUT2D eigenvalue weighted by Crippen LogP contribution is -2.44. The summed E-state index contributed by atoms with van der Waals surface area (Å²) in [6.45, 7) is 2.37. The summed E-state index contributed by atoms with van der Waals surface area (Å²) >= 11 is 0. The Morgan fingerprint density at radius 2 is 2.00 bits per heavy atom. The number of carbonyl (C=O) groups is 1. The van der Waals surface area contributed by atoms with Crippen molar-refractivity contribution in [2.75, 3.05) is 13.1 Å². The zero-order valence-corrected chi connectivity index (χ0v) is 11.6. The predicted molar refractivity (Wildman–Crippen MR) is 75.6 cm³/mol. The fourth-order valence-corrected chi connectivity index (χ4v) is 2.77. The molecule has 3 rings (SSSR count). The van der Waals surface area contributed by atoms with E-state index in [4.69, 9.17) is 0 Å². The molecule has 1 saturated heterocycles. The molecule has 0 aromatic heterocycles. The Labute approximate surface area is 119 Å². The number of benzene rings is 1. The van der Waals surface area contributed by atoms with E-state index in [1.807, 2.05) is 4.90 Å². The summed E-state index contributed by atoms with van der Waals surface area (Å²) in [6.07, 6.45) is 4.46. The van der Waals surface area contributed by atoms with Crippen LogP contribution >= 0.6 is 0 Å². The van der Waals surface area contributed by atoms with Crippen LogP contribution < -0.4 is 5.32 Å². The maximum atomic E-state index is 13.0. The second-order valence-electron chi connectivity index (χ2n) is 5.94. The average Bonchev–Trinajstić information content (AvgIpc) is 3.10. The highest BCUT2D eigenvalue weighted by molar-refractivity contribution is 5.82. The number of nitrogens with zero attached hydrogens (tertiary/aromatic N) is 1. The van der Waals surface area contributed by atoms with Crippen LogP contribution in [0.15, 0.2) is 24.3 Å². The Balaban J connectivity index is 1.67. The lowest BCUT2D eigenvalue weighted by atomic mass is 10.1. The molecule has 1 aromatic carbocycles. The minimum atomic E-state index is -0.230. The number of amides is 1. The van der Waals surface area contributed by atoms with Crippen molar-refractivity contribution < 1.29 is 9.18 Å². The Bertz CT molecular complexity index is 464. The van der Waals surface area contributed by atoms with E-state index in [1.54, 1.807) is 12.1 Å². The third-order valence-corrected chi connectivity index (χ3v) is 4.13. The molecule has 0 radical (unpaired) electrons. The van der Waals surface area contributed by atoms with Crippen LogP contribution in [0.4, 0.5) is 4.39 Å². The summed E-state index contributed by atoms with van der Waals surface area (Å²) in [4.78, 5) is 14.5. The highest BCUT2D eigenvalue weighted by atomic mass is 19.1. The van der Waals surface area contributed by atoms with Gasteiger partial charge in [0.15, 0.2) is 0 Å². The summed E-state index contributed by atoms with van der Waals surface area (Å²) < 4.78 is 13.0. The van der Waals surface area contributed by atoms with Crippen LogP contribution in [0.5, 0.6) is 0 Å². The highest BCUT2D eigenvalue weighted by Gasteiger charge is 2.31. The molecule has 1 aliphatic carbocycles. The standard InChI is InChI=1S/C16H21FN2O/c17-14-7-5-13(6-8-14)11-19(10-12-3-4-12)16(20)15-2-1-9-18-15/h5-8,12,15,18H,1-4,9-11H2. The second kappa shape index (κ2) is 5.92. The molecule has 1 saturated carbocycles. The molecule has 20 heavy (non-hydrogen) atoms. The van der Waals surface area contributed by atoms with Crippen molar-refractivity contribution in [3.05, 3.63) is 35.6 Å². The van der Waals surface area contributed by atoms with Crippen LogP contribution in [0.3, 0.4) is 0 Å². The van der Waals surface area contributed by atoms with Crippen molar-refractivity contribution >= 4 is 5.91 Å². The Hall–Kier alpha value is -1.42. The van der Waals surface area contributed by atoms with Gasteiger partial charge in [0.05, 0.1) is 6.04 Å². The number of nitrogens with one attached hydrogen (secondary N) is 1. The van der Waals surface area contributed by atoms with Crippen LogP contribution in [-0.4, -0.2) is 29.9 Å². The molecule has 2 aliphatic rings. The van der Waals surface area contributed by atoms with Gasteiger partial charge in [-0.3, -0.25) is 4.79 Å². The van der Waals surface area contributed by atoms with Gasteiger partial charge in [0.25, 0.3) is 0 Å². The van der Waals surface area contributed by atoms with Crippen LogP contribution in [0.2, 0.25) is 0 Å². The molecule has 3 nitrogen and oxygen atoms in total. The Morgan fingerprint density at radius 1 is 1.25 bits per heavy atom. The van der Waals surface area contributed by atoms with Crippen molar-refractivity contribution in [3.63, 3.8) is 0 Å². The van der Waals surface area contributed by atoms with E-state index in [2.05, 4.69) is 5.32 Å². The average molecular weight is 276 g/mol. The maximum Gasteiger partial charge on any atom is 0.240 e. The van der Waals surface area contributed by atoms with Crippen molar-refractivity contribution in [2.45, 2.75) is 38.3 Å². The Kier molecular flexibility index (Phi) is 4.01. The monoisotopic (exact) mass is 276 g/mol. The van der Waals surface area contributed by atoms with Gasteiger partial charge in [0.2, 0.25) is 5.91 Å². The molecule has 1 atom stereocenters. The molecule has 1 heterocycles. The van der Waals surface area contributed by atoms with Crippen molar-refractivity contribution in [1.82, 2.24) is 10.2 Å². The third-order valence-electron chi connectivity index (χ3n) is 4.13. The number of hydrogen-bond donors (Lipinski definition) is 1. The fourth-order valence-electron chi connectivity index (χ4n) is 2.77. The van der Waals surface area contributed by atoms with Crippen LogP contribution in [-0.2, 0) is 11.3 Å². The first kappa shape index (κ1) is 13.6. The second-order valence-corrected chi connectivity index (χ2v) is 5.94. The van der Waals surface area contributed by atoms with E-state index in [0.717, 1.165) is 31.5 Å². The number of hydrogen-bond acceptors (Lipinski definition) is 2. The van der Waals surface area contributed by atoms with Gasteiger partial charge in [-0.15, -0.1) is 0 Å². The van der Waals surface area contributed by atoms with E-state index in [0.29, 0.717) is 12.5 Å². The summed E-state index contributed by atoms with van der Waals surface area (Å²) in [6, 6.07) is 6.44. The molecule has 2 fully saturated rings. The summed E-state index contributed by atoms with van der Waals surface area (Å²) in [7, 11) is 0. The zero-order chi connectivity index (χ0) is 13.9. The number of rotatable bonds is 5. The zero-order valence-electron chi connectivity index (χ0n) is 11.6. The van der Waals surface area contributed by atoms with Gasteiger partial charge >= 0.3 is 0 Å². The maximum absolute atomic E-state index is 13.0. The van der Waals surface area contributed by atoms with Crippen molar-refractivity contribution in [1.29, 1.82) is 0 Å². The molecule has 0 bridgehead atoms. The number of halogens is 1. The molecule has 0 spiro atoms. The van der Waals surface area contributed by atoms with Crippen LogP contribution in [0.25, 0.3) is 0 Å². The van der Waals surface area contributed by atoms with E-state index < -0.39 is 0 Å². The van der Waals surface area contributed by atoms with Crippen molar-refractivity contribution in [3.8, 4) is 0 Å². The van der Waals surface area contributed by atoms with Crippen LogP contribution in [0, 0.1) is 11.7 Å². The molecular formula is C16H21FN2O. The first-order chi connectivity index (χ1) is 9.72. The van der Waals surface area contributed by atoms with Crippen molar-refractivity contribution in [2.24, 2.45) is 5.92 Å². The SMILES string of the molecule is O=C(C1CCCN1)N(Cc1ccc(F)cc1)CC1CC1. The van der Waals surface area contributed by atoms with Gasteiger partial charge in [0.1, 0.15) is 5.82 Å². The minimum Gasteiger partial charge on any atom is -0.337 e. The molecule has 1 amide bonds. The van der Waals surface area contributed by atoms with Gasteiger partial charge in [-0.1, -0.05) is 12.1 Å². The van der Waals surface area contributed by atoms with Crippen LogP contribution in [0.1, 0.15) is 31.2 Å². The minimum absolute atomic E-state index is 0.0193. The predicted octanol–water partition coefficient (Wildman–Crippen LogP) is 2.32. The Morgan fingerprint density at radius 3 is 2.60 bits per heavy atom.